The molecule has 2 aromatic rings. The van der Waals surface area contributed by atoms with Gasteiger partial charge in [0.25, 0.3) is 5.91 Å². The number of carbonyl (C=O) groups excluding carboxylic acids is 1. The van der Waals surface area contributed by atoms with Crippen molar-refractivity contribution in [1.29, 1.82) is 0 Å². The number of fused-ring (bicyclic) bond motifs is 2. The van der Waals surface area contributed by atoms with Crippen molar-refractivity contribution in [3.8, 4) is 0 Å². The zero-order valence-electron chi connectivity index (χ0n) is 16.0. The highest BCUT2D eigenvalue weighted by molar-refractivity contribution is 6.08. The Morgan fingerprint density at radius 2 is 1.71 bits per heavy atom. The first kappa shape index (κ1) is 17.7. The van der Waals surface area contributed by atoms with Gasteiger partial charge in [-0.05, 0) is 49.2 Å². The summed E-state index contributed by atoms with van der Waals surface area (Å²) in [5.74, 6) is -0.207. The average molecular weight is 380 g/mol. The van der Waals surface area contributed by atoms with Gasteiger partial charge in [-0.1, -0.05) is 18.9 Å². The van der Waals surface area contributed by atoms with Crippen LogP contribution in [-0.4, -0.2) is 38.8 Å². The van der Waals surface area contributed by atoms with Crippen molar-refractivity contribution in [1.82, 2.24) is 0 Å². The summed E-state index contributed by atoms with van der Waals surface area (Å²) in [6.45, 7) is 3.80. The Hall–Kier alpha value is -2.40. The molecular weight excluding hydrogens is 355 g/mol. The highest BCUT2D eigenvalue weighted by Crippen LogP contribution is 2.51. The number of rotatable bonds is 2. The lowest BCUT2D eigenvalue weighted by molar-refractivity contribution is 0.0985. The second kappa shape index (κ2) is 6.89. The third-order valence-electron chi connectivity index (χ3n) is 6.57. The van der Waals surface area contributed by atoms with E-state index >= 15 is 0 Å². The van der Waals surface area contributed by atoms with Gasteiger partial charge in [0.05, 0.1) is 18.9 Å². The molecule has 0 unspecified atom stereocenters. The molecule has 0 radical (unpaired) electrons. The van der Waals surface area contributed by atoms with E-state index in [0.29, 0.717) is 12.1 Å². The third kappa shape index (κ3) is 2.80. The molecule has 5 heteroatoms. The van der Waals surface area contributed by atoms with Gasteiger partial charge in [0.15, 0.2) is 0 Å². The van der Waals surface area contributed by atoms with Crippen LogP contribution in [0.25, 0.3) is 0 Å². The molecule has 5 rings (SSSR count). The van der Waals surface area contributed by atoms with E-state index in [0.717, 1.165) is 68.9 Å². The Labute approximate surface area is 164 Å². The molecule has 146 valence electrons. The van der Waals surface area contributed by atoms with Gasteiger partial charge in [-0.15, -0.1) is 0 Å². The summed E-state index contributed by atoms with van der Waals surface area (Å²) in [5, 5.41) is 0. The number of hydrogen-bond donors (Lipinski definition) is 0. The van der Waals surface area contributed by atoms with Crippen LogP contribution in [0.4, 0.5) is 15.8 Å². The molecule has 2 fully saturated rings. The van der Waals surface area contributed by atoms with Gasteiger partial charge in [-0.3, -0.25) is 4.79 Å². The SMILES string of the molecule is O=C(c1ccc(N2CCOCC2)cc1)N1CC2(CCCC2)c2c(F)cccc21. The fraction of sp³-hybridized carbons (Fsp3) is 0.435. The molecule has 2 aliphatic heterocycles. The van der Waals surface area contributed by atoms with Gasteiger partial charge in [-0.2, -0.15) is 0 Å². The van der Waals surface area contributed by atoms with Gasteiger partial charge in [0, 0.05) is 41.9 Å². The molecule has 3 aliphatic rings. The Kier molecular flexibility index (Phi) is 4.35. The fourth-order valence-electron chi connectivity index (χ4n) is 5.16. The van der Waals surface area contributed by atoms with Gasteiger partial charge in [0.1, 0.15) is 5.82 Å². The minimum atomic E-state index is -0.204. The summed E-state index contributed by atoms with van der Waals surface area (Å²) in [7, 11) is 0. The van der Waals surface area contributed by atoms with Crippen LogP contribution in [0.2, 0.25) is 0 Å². The summed E-state index contributed by atoms with van der Waals surface area (Å²) >= 11 is 0. The fourth-order valence-corrected chi connectivity index (χ4v) is 5.16. The van der Waals surface area contributed by atoms with E-state index in [1.54, 1.807) is 11.0 Å². The smallest absolute Gasteiger partial charge is 0.258 e. The predicted octanol–water partition coefficient (Wildman–Crippen LogP) is 4.13. The Bertz CT molecular complexity index is 884. The monoisotopic (exact) mass is 380 g/mol. The van der Waals surface area contributed by atoms with Crippen LogP contribution in [0.1, 0.15) is 41.6 Å². The minimum absolute atomic E-state index is 0.0378. The van der Waals surface area contributed by atoms with E-state index in [-0.39, 0.29) is 17.1 Å². The lowest BCUT2D eigenvalue weighted by Crippen LogP contribution is -2.36. The quantitative estimate of drug-likeness (QED) is 0.785. The number of carbonyl (C=O) groups is 1. The second-order valence-corrected chi connectivity index (χ2v) is 8.16. The van der Waals surface area contributed by atoms with Crippen molar-refractivity contribution < 1.29 is 13.9 Å². The first-order chi connectivity index (χ1) is 13.7. The van der Waals surface area contributed by atoms with Crippen LogP contribution in [0.15, 0.2) is 42.5 Å². The molecule has 2 heterocycles. The first-order valence-electron chi connectivity index (χ1n) is 10.2. The van der Waals surface area contributed by atoms with E-state index in [2.05, 4.69) is 4.90 Å². The van der Waals surface area contributed by atoms with E-state index in [9.17, 15) is 9.18 Å². The number of halogens is 1. The van der Waals surface area contributed by atoms with Crippen LogP contribution >= 0.6 is 0 Å². The maximum atomic E-state index is 14.7. The van der Waals surface area contributed by atoms with Gasteiger partial charge in [-0.25, -0.2) is 4.39 Å². The lowest BCUT2D eigenvalue weighted by Gasteiger charge is -2.29. The maximum absolute atomic E-state index is 14.7. The van der Waals surface area contributed by atoms with Crippen molar-refractivity contribution in [2.75, 3.05) is 42.6 Å². The van der Waals surface area contributed by atoms with Gasteiger partial charge >= 0.3 is 0 Å². The molecule has 0 N–H and O–H groups in total. The summed E-state index contributed by atoms with van der Waals surface area (Å²) < 4.78 is 20.1. The topological polar surface area (TPSA) is 32.8 Å². The van der Waals surface area contributed by atoms with Gasteiger partial charge in [0.2, 0.25) is 0 Å². The van der Waals surface area contributed by atoms with Crippen LogP contribution in [-0.2, 0) is 10.2 Å². The lowest BCUT2D eigenvalue weighted by atomic mass is 9.80. The number of ether oxygens (including phenoxy) is 1. The number of hydrogen-bond acceptors (Lipinski definition) is 3. The van der Waals surface area contributed by atoms with Crippen molar-refractivity contribution in [3.05, 3.63) is 59.4 Å². The van der Waals surface area contributed by atoms with Crippen LogP contribution in [0, 0.1) is 5.82 Å². The molecule has 1 spiro atoms. The second-order valence-electron chi connectivity index (χ2n) is 8.16. The molecule has 0 aromatic heterocycles. The van der Waals surface area contributed by atoms with E-state index in [1.807, 2.05) is 30.3 Å². The number of amides is 1. The third-order valence-corrected chi connectivity index (χ3v) is 6.57. The minimum Gasteiger partial charge on any atom is -0.378 e. The summed E-state index contributed by atoms with van der Waals surface area (Å²) in [6, 6.07) is 12.9. The summed E-state index contributed by atoms with van der Waals surface area (Å²) in [4.78, 5) is 17.4. The average Bonchev–Trinajstić information content (AvgIpc) is 3.34. The van der Waals surface area contributed by atoms with Crippen molar-refractivity contribution in [2.45, 2.75) is 31.1 Å². The molecule has 4 nitrogen and oxygen atoms in total. The Balaban J connectivity index is 1.43. The molecule has 0 atom stereocenters. The first-order valence-corrected chi connectivity index (χ1v) is 10.2. The van der Waals surface area contributed by atoms with Gasteiger partial charge < -0.3 is 14.5 Å². The van der Waals surface area contributed by atoms with Crippen LogP contribution in [0.3, 0.4) is 0 Å². The Morgan fingerprint density at radius 1 is 1.00 bits per heavy atom. The molecule has 1 amide bonds. The number of nitrogens with zero attached hydrogens (tertiary/aromatic N) is 2. The summed E-state index contributed by atoms with van der Waals surface area (Å²) in [5.41, 5.74) is 3.07. The van der Waals surface area contributed by atoms with Crippen LogP contribution < -0.4 is 9.80 Å². The normalized spacial score (nSPS) is 20.6. The molecule has 28 heavy (non-hydrogen) atoms. The van der Waals surface area contributed by atoms with E-state index in [1.165, 1.54) is 6.07 Å². The van der Waals surface area contributed by atoms with Crippen molar-refractivity contribution in [2.24, 2.45) is 0 Å². The molecule has 2 aromatic carbocycles. The maximum Gasteiger partial charge on any atom is 0.258 e. The van der Waals surface area contributed by atoms with Crippen molar-refractivity contribution >= 4 is 17.3 Å². The van der Waals surface area contributed by atoms with Crippen molar-refractivity contribution in [3.63, 3.8) is 0 Å². The molecule has 0 bridgehead atoms. The Morgan fingerprint density at radius 3 is 2.43 bits per heavy atom. The zero-order valence-corrected chi connectivity index (χ0v) is 16.0. The number of benzene rings is 2. The molecule has 1 saturated heterocycles. The number of anilines is 2. The van der Waals surface area contributed by atoms with Crippen LogP contribution in [0.5, 0.6) is 0 Å². The van der Waals surface area contributed by atoms with E-state index in [4.69, 9.17) is 4.74 Å². The highest BCUT2D eigenvalue weighted by atomic mass is 19.1. The van der Waals surface area contributed by atoms with E-state index < -0.39 is 0 Å². The molecular formula is C23H25FN2O2. The standard InChI is InChI=1S/C23H25FN2O2/c24-19-4-3-5-20-21(19)23(10-1-2-11-23)16-26(20)22(27)17-6-8-18(9-7-17)25-12-14-28-15-13-25/h3-9H,1-2,10-16H2. The summed E-state index contributed by atoms with van der Waals surface area (Å²) in [6.07, 6.45) is 4.12. The highest BCUT2D eigenvalue weighted by Gasteiger charge is 2.48. The number of morpholine rings is 1. The largest absolute Gasteiger partial charge is 0.378 e. The molecule has 1 aliphatic carbocycles. The molecule has 1 saturated carbocycles. The zero-order chi connectivity index (χ0) is 19.1. The predicted molar refractivity (Wildman–Crippen MR) is 108 cm³/mol.